The second-order valence-electron chi connectivity index (χ2n) is 5.84. The summed E-state index contributed by atoms with van der Waals surface area (Å²) in [5, 5.41) is 8.65. The molecule has 4 rings (SSSR count). The van der Waals surface area contributed by atoms with Crippen molar-refractivity contribution in [2.45, 2.75) is 0 Å². The van der Waals surface area contributed by atoms with Gasteiger partial charge in [-0.05, 0) is 18.2 Å². The number of halogens is 2. The number of ether oxygens (including phenoxy) is 2. The second kappa shape index (κ2) is 7.18. The van der Waals surface area contributed by atoms with Gasteiger partial charge in [0.15, 0.2) is 22.9 Å². The minimum absolute atomic E-state index is 0.238. The van der Waals surface area contributed by atoms with Crippen LogP contribution in [0.2, 0.25) is 10.0 Å². The molecule has 4 aromatic rings. The number of hydrogen-bond donors (Lipinski definition) is 1. The molecule has 2 heterocycles. The van der Waals surface area contributed by atoms with Gasteiger partial charge in [-0.15, -0.1) is 0 Å². The lowest BCUT2D eigenvalue weighted by Crippen LogP contribution is -2.08. The van der Waals surface area contributed by atoms with Crippen molar-refractivity contribution in [3.8, 4) is 11.5 Å². The van der Waals surface area contributed by atoms with Gasteiger partial charge in [0.1, 0.15) is 6.26 Å². The van der Waals surface area contributed by atoms with Gasteiger partial charge in [0.05, 0.1) is 35.7 Å². The van der Waals surface area contributed by atoms with E-state index >= 15 is 0 Å². The number of methoxy groups -OCH3 is 2. The maximum atomic E-state index is 12.7. The van der Waals surface area contributed by atoms with Crippen LogP contribution in [0, 0.1) is 0 Å². The molecule has 0 radical (unpaired) electrons. The molecular weight excluding hydrogens is 405 g/mol. The third-order valence-corrected chi connectivity index (χ3v) is 4.69. The second-order valence-corrected chi connectivity index (χ2v) is 6.69. The summed E-state index contributed by atoms with van der Waals surface area (Å²) < 4.78 is 16.1. The molecule has 1 N–H and O–H groups in total. The van der Waals surface area contributed by atoms with Gasteiger partial charge in [-0.1, -0.05) is 23.2 Å². The van der Waals surface area contributed by atoms with Crippen LogP contribution in [0.5, 0.6) is 11.5 Å². The third kappa shape index (κ3) is 3.08. The molecule has 28 heavy (non-hydrogen) atoms. The van der Waals surface area contributed by atoms with Crippen LogP contribution in [0.15, 0.2) is 44.7 Å². The highest BCUT2D eigenvalue weighted by atomic mass is 35.5. The number of aromatic amines is 1. The zero-order valence-corrected chi connectivity index (χ0v) is 16.3. The summed E-state index contributed by atoms with van der Waals surface area (Å²) >= 11 is 12.1. The molecule has 0 saturated heterocycles. The SMILES string of the molecule is COc1cc2[nH]nc(N=Cc3coc4c(Cl)cc(Cl)cc4c3=O)c2cc1OC. The van der Waals surface area contributed by atoms with Gasteiger partial charge in [-0.3, -0.25) is 9.89 Å². The maximum Gasteiger partial charge on any atom is 0.201 e. The molecule has 0 atom stereocenters. The Labute approximate surface area is 168 Å². The van der Waals surface area contributed by atoms with E-state index in [1.807, 2.05) is 0 Å². The molecule has 0 bridgehead atoms. The average Bonchev–Trinajstić information content (AvgIpc) is 3.08. The van der Waals surface area contributed by atoms with Crippen LogP contribution in [0.25, 0.3) is 21.9 Å². The molecule has 0 aliphatic heterocycles. The maximum absolute atomic E-state index is 12.7. The number of benzene rings is 2. The van der Waals surface area contributed by atoms with Crippen molar-refractivity contribution in [3.05, 3.63) is 56.4 Å². The van der Waals surface area contributed by atoms with Gasteiger partial charge in [0.2, 0.25) is 5.43 Å². The first-order valence-corrected chi connectivity index (χ1v) is 8.82. The van der Waals surface area contributed by atoms with Crippen LogP contribution >= 0.6 is 23.2 Å². The Bertz CT molecular complexity index is 1290. The quantitative estimate of drug-likeness (QED) is 0.484. The predicted octanol–water partition coefficient (Wildman–Crippen LogP) is 4.74. The summed E-state index contributed by atoms with van der Waals surface area (Å²) in [5.41, 5.74) is 0.931. The van der Waals surface area contributed by atoms with Gasteiger partial charge in [0.25, 0.3) is 0 Å². The van der Waals surface area contributed by atoms with Crippen molar-refractivity contribution in [2.75, 3.05) is 14.2 Å². The number of nitrogens with one attached hydrogen (secondary N) is 1. The number of H-pyrrole nitrogens is 1. The molecule has 9 heteroatoms. The van der Waals surface area contributed by atoms with E-state index in [-0.39, 0.29) is 27.0 Å². The monoisotopic (exact) mass is 417 g/mol. The van der Waals surface area contributed by atoms with Crippen LogP contribution < -0.4 is 14.9 Å². The molecule has 0 saturated carbocycles. The van der Waals surface area contributed by atoms with Gasteiger partial charge >= 0.3 is 0 Å². The Morgan fingerprint density at radius 2 is 1.86 bits per heavy atom. The lowest BCUT2D eigenvalue weighted by molar-refractivity contribution is 0.356. The molecule has 142 valence electrons. The van der Waals surface area contributed by atoms with Crippen molar-refractivity contribution in [1.29, 1.82) is 0 Å². The average molecular weight is 418 g/mol. The van der Waals surface area contributed by atoms with Crippen molar-refractivity contribution >= 4 is 57.1 Å². The Kier molecular flexibility index (Phi) is 4.70. The molecule has 0 aliphatic carbocycles. The Balaban J connectivity index is 1.79. The molecule has 0 spiro atoms. The fourth-order valence-corrected chi connectivity index (χ4v) is 3.37. The van der Waals surface area contributed by atoms with Crippen molar-refractivity contribution in [1.82, 2.24) is 10.2 Å². The van der Waals surface area contributed by atoms with E-state index in [0.29, 0.717) is 33.2 Å². The summed E-state index contributed by atoms with van der Waals surface area (Å²) in [6, 6.07) is 6.54. The lowest BCUT2D eigenvalue weighted by Gasteiger charge is -2.06. The highest BCUT2D eigenvalue weighted by molar-refractivity contribution is 6.38. The van der Waals surface area contributed by atoms with Crippen LogP contribution in [-0.4, -0.2) is 30.6 Å². The zero-order valence-electron chi connectivity index (χ0n) is 14.7. The molecule has 7 nitrogen and oxygen atoms in total. The van der Waals surface area contributed by atoms with Gasteiger partial charge in [-0.2, -0.15) is 5.10 Å². The fourth-order valence-electron chi connectivity index (χ4n) is 2.83. The number of aromatic nitrogens is 2. The van der Waals surface area contributed by atoms with E-state index in [2.05, 4.69) is 15.2 Å². The van der Waals surface area contributed by atoms with E-state index in [1.165, 1.54) is 24.6 Å². The lowest BCUT2D eigenvalue weighted by atomic mass is 10.2. The first kappa shape index (κ1) is 18.3. The molecule has 0 amide bonds. The minimum Gasteiger partial charge on any atom is -0.493 e. The van der Waals surface area contributed by atoms with E-state index in [9.17, 15) is 4.79 Å². The molecule has 0 aliphatic rings. The number of aliphatic imine (C=N–C) groups is 1. The zero-order chi connectivity index (χ0) is 19.8. The van der Waals surface area contributed by atoms with Crippen LogP contribution in [0.1, 0.15) is 5.56 Å². The van der Waals surface area contributed by atoms with Crippen molar-refractivity contribution in [2.24, 2.45) is 4.99 Å². The highest BCUT2D eigenvalue weighted by Gasteiger charge is 2.13. The summed E-state index contributed by atoms with van der Waals surface area (Å²) in [6.45, 7) is 0. The van der Waals surface area contributed by atoms with Crippen LogP contribution in [-0.2, 0) is 0 Å². The van der Waals surface area contributed by atoms with E-state index < -0.39 is 0 Å². The molecule has 2 aromatic heterocycles. The molecule has 2 aromatic carbocycles. The topological polar surface area (TPSA) is 89.7 Å². The normalized spacial score (nSPS) is 11.6. The summed E-state index contributed by atoms with van der Waals surface area (Å²) in [5.74, 6) is 1.50. The highest BCUT2D eigenvalue weighted by Crippen LogP contribution is 2.35. The van der Waals surface area contributed by atoms with Crippen LogP contribution in [0.3, 0.4) is 0 Å². The minimum atomic E-state index is -0.298. The summed E-state index contributed by atoms with van der Waals surface area (Å²) in [7, 11) is 3.10. The largest absolute Gasteiger partial charge is 0.493 e. The predicted molar refractivity (Wildman–Crippen MR) is 109 cm³/mol. The number of nitrogens with zero attached hydrogens (tertiary/aromatic N) is 2. The van der Waals surface area contributed by atoms with E-state index in [0.717, 1.165) is 0 Å². The van der Waals surface area contributed by atoms with Gasteiger partial charge < -0.3 is 13.9 Å². The van der Waals surface area contributed by atoms with E-state index in [4.69, 9.17) is 37.1 Å². The Morgan fingerprint density at radius 3 is 2.61 bits per heavy atom. The van der Waals surface area contributed by atoms with Crippen LogP contribution in [0.4, 0.5) is 5.82 Å². The summed E-state index contributed by atoms with van der Waals surface area (Å²) in [6.07, 6.45) is 2.68. The van der Waals surface area contributed by atoms with Crippen molar-refractivity contribution < 1.29 is 13.9 Å². The number of fused-ring (bicyclic) bond motifs is 2. The fraction of sp³-hybridized carbons (Fsp3) is 0.105. The molecule has 0 fully saturated rings. The summed E-state index contributed by atoms with van der Waals surface area (Å²) in [4.78, 5) is 17.0. The first-order valence-electron chi connectivity index (χ1n) is 8.06. The Hall–Kier alpha value is -3.03. The standard InChI is InChI=1S/C19H13Cl2N3O4/c1-26-15-5-11-14(6-16(15)27-2)23-24-19(11)22-7-9-8-28-18-12(17(9)25)3-10(20)4-13(18)21/h3-8H,1-2H3,(H,23,24). The number of rotatable bonds is 4. The van der Waals surface area contributed by atoms with E-state index in [1.54, 1.807) is 26.4 Å². The third-order valence-electron chi connectivity index (χ3n) is 4.19. The van der Waals surface area contributed by atoms with Gasteiger partial charge in [0, 0.05) is 22.7 Å². The molecule has 0 unspecified atom stereocenters. The van der Waals surface area contributed by atoms with Crippen molar-refractivity contribution in [3.63, 3.8) is 0 Å². The van der Waals surface area contributed by atoms with Gasteiger partial charge in [-0.25, -0.2) is 4.99 Å². The smallest absolute Gasteiger partial charge is 0.201 e. The number of hydrogen-bond acceptors (Lipinski definition) is 6. The molecular formula is C19H13Cl2N3O4. The Morgan fingerprint density at radius 1 is 1.11 bits per heavy atom. The first-order chi connectivity index (χ1) is 13.5.